The number of nitrogens with zero attached hydrogens (tertiary/aromatic N) is 3. The van der Waals surface area contributed by atoms with E-state index in [1.807, 2.05) is 0 Å². The van der Waals surface area contributed by atoms with Crippen molar-refractivity contribution < 1.29 is 18.1 Å². The molecule has 0 N–H and O–H groups in total. The number of sulfonamides is 1. The second kappa shape index (κ2) is 8.04. The Labute approximate surface area is 171 Å². The van der Waals surface area contributed by atoms with Gasteiger partial charge in [-0.05, 0) is 36.4 Å². The van der Waals surface area contributed by atoms with Crippen molar-refractivity contribution >= 4 is 44.8 Å². The monoisotopic (exact) mass is 443 g/mol. The summed E-state index contributed by atoms with van der Waals surface area (Å²) in [4.78, 5) is 24.7. The standard InChI is InChI=1S/C17H15Cl2N3O5S/c18-12-1-4-14(5-2-12)28(26,27)21-9-7-20(8-10-21)17(23)15-6-3-13(19)11-16(15)22(24)25/h1-6,11H,7-10H2. The zero-order valence-corrected chi connectivity index (χ0v) is 16.7. The molecule has 0 aromatic heterocycles. The van der Waals surface area contributed by atoms with Crippen LogP contribution in [0.5, 0.6) is 0 Å². The van der Waals surface area contributed by atoms with Crippen LogP contribution in [0.25, 0.3) is 0 Å². The summed E-state index contributed by atoms with van der Waals surface area (Å²) in [6.45, 7) is 0.396. The number of nitro benzene ring substituents is 1. The maximum atomic E-state index is 12.7. The van der Waals surface area contributed by atoms with E-state index in [-0.39, 0.29) is 47.3 Å². The van der Waals surface area contributed by atoms with Crippen molar-refractivity contribution in [3.8, 4) is 0 Å². The topological polar surface area (TPSA) is 101 Å². The smallest absolute Gasteiger partial charge is 0.283 e. The third kappa shape index (κ3) is 4.12. The van der Waals surface area contributed by atoms with Crippen molar-refractivity contribution in [3.63, 3.8) is 0 Å². The van der Waals surface area contributed by atoms with Gasteiger partial charge >= 0.3 is 0 Å². The van der Waals surface area contributed by atoms with Crippen LogP contribution in [-0.4, -0.2) is 54.6 Å². The fourth-order valence-electron chi connectivity index (χ4n) is 2.89. The molecule has 2 aromatic carbocycles. The third-order valence-corrected chi connectivity index (χ3v) is 6.76. The van der Waals surface area contributed by atoms with Crippen molar-refractivity contribution in [3.05, 3.63) is 68.2 Å². The maximum absolute atomic E-state index is 12.7. The highest BCUT2D eigenvalue weighted by Gasteiger charge is 2.32. The number of carbonyl (C=O) groups is 1. The van der Waals surface area contributed by atoms with Crippen LogP contribution in [0.15, 0.2) is 47.4 Å². The molecule has 1 saturated heterocycles. The molecule has 3 rings (SSSR count). The number of nitro groups is 1. The largest absolute Gasteiger partial charge is 0.336 e. The summed E-state index contributed by atoms with van der Waals surface area (Å²) in [5, 5.41) is 11.8. The van der Waals surface area contributed by atoms with Gasteiger partial charge in [0.15, 0.2) is 0 Å². The summed E-state index contributed by atoms with van der Waals surface area (Å²) in [5.41, 5.74) is -0.461. The summed E-state index contributed by atoms with van der Waals surface area (Å²) in [6, 6.07) is 9.67. The zero-order chi connectivity index (χ0) is 20.5. The number of carbonyl (C=O) groups excluding carboxylic acids is 1. The lowest BCUT2D eigenvalue weighted by Gasteiger charge is -2.34. The van der Waals surface area contributed by atoms with Gasteiger partial charge in [-0.15, -0.1) is 0 Å². The van der Waals surface area contributed by atoms with E-state index in [1.54, 1.807) is 0 Å². The van der Waals surface area contributed by atoms with Crippen LogP contribution < -0.4 is 0 Å². The highest BCUT2D eigenvalue weighted by Crippen LogP contribution is 2.26. The number of amides is 1. The van der Waals surface area contributed by atoms with E-state index in [4.69, 9.17) is 23.2 Å². The van der Waals surface area contributed by atoms with Crippen LogP contribution in [0.2, 0.25) is 10.0 Å². The Hall–Kier alpha value is -2.20. The molecule has 0 spiro atoms. The molecule has 11 heteroatoms. The number of hydrogen-bond donors (Lipinski definition) is 0. The summed E-state index contributed by atoms with van der Waals surface area (Å²) in [5.74, 6) is -0.535. The highest BCUT2D eigenvalue weighted by atomic mass is 35.5. The Morgan fingerprint density at radius 3 is 2.11 bits per heavy atom. The molecule has 1 amide bonds. The average Bonchev–Trinajstić information content (AvgIpc) is 2.68. The van der Waals surface area contributed by atoms with Crippen molar-refractivity contribution in [2.45, 2.75) is 4.90 Å². The molecule has 1 heterocycles. The number of benzene rings is 2. The minimum atomic E-state index is -3.71. The minimum Gasteiger partial charge on any atom is -0.336 e. The molecule has 0 aliphatic carbocycles. The molecule has 1 fully saturated rings. The molecular weight excluding hydrogens is 429 g/mol. The number of halogens is 2. The summed E-state index contributed by atoms with van der Waals surface area (Å²) >= 11 is 11.6. The highest BCUT2D eigenvalue weighted by molar-refractivity contribution is 7.89. The van der Waals surface area contributed by atoms with Crippen LogP contribution in [-0.2, 0) is 10.0 Å². The van der Waals surface area contributed by atoms with Crippen molar-refractivity contribution in [2.24, 2.45) is 0 Å². The van der Waals surface area contributed by atoms with E-state index in [1.165, 1.54) is 45.6 Å². The van der Waals surface area contributed by atoms with Crippen LogP contribution in [0.3, 0.4) is 0 Å². The number of hydrogen-bond acceptors (Lipinski definition) is 5. The van der Waals surface area contributed by atoms with Crippen LogP contribution in [0.1, 0.15) is 10.4 Å². The number of piperazine rings is 1. The van der Waals surface area contributed by atoms with Gasteiger partial charge in [0.2, 0.25) is 10.0 Å². The molecule has 2 aromatic rings. The lowest BCUT2D eigenvalue weighted by atomic mass is 10.1. The van der Waals surface area contributed by atoms with E-state index in [0.717, 1.165) is 6.07 Å². The molecule has 28 heavy (non-hydrogen) atoms. The Morgan fingerprint density at radius 1 is 0.964 bits per heavy atom. The number of rotatable bonds is 4. The zero-order valence-electron chi connectivity index (χ0n) is 14.4. The van der Waals surface area contributed by atoms with Gasteiger partial charge in [0.1, 0.15) is 5.56 Å². The Morgan fingerprint density at radius 2 is 1.54 bits per heavy atom. The minimum absolute atomic E-state index is 0.0802. The molecule has 8 nitrogen and oxygen atoms in total. The molecule has 0 radical (unpaired) electrons. The van der Waals surface area contributed by atoms with Crippen molar-refractivity contribution in [2.75, 3.05) is 26.2 Å². The Bertz CT molecular complexity index is 1020. The summed E-state index contributed by atoms with van der Waals surface area (Å²) < 4.78 is 26.7. The fourth-order valence-corrected chi connectivity index (χ4v) is 4.61. The first-order valence-corrected chi connectivity index (χ1v) is 10.4. The van der Waals surface area contributed by atoms with E-state index in [9.17, 15) is 23.3 Å². The molecule has 0 unspecified atom stereocenters. The van der Waals surface area contributed by atoms with Gasteiger partial charge in [0, 0.05) is 42.3 Å². The lowest BCUT2D eigenvalue weighted by Crippen LogP contribution is -2.50. The van der Waals surface area contributed by atoms with Crippen molar-refractivity contribution in [1.82, 2.24) is 9.21 Å². The fraction of sp³-hybridized carbons (Fsp3) is 0.235. The van der Waals surface area contributed by atoms with Gasteiger partial charge in [-0.3, -0.25) is 14.9 Å². The van der Waals surface area contributed by atoms with E-state index < -0.39 is 20.9 Å². The van der Waals surface area contributed by atoms with Crippen LogP contribution in [0, 0.1) is 10.1 Å². The summed E-state index contributed by atoms with van der Waals surface area (Å²) in [6.07, 6.45) is 0. The molecule has 0 atom stereocenters. The second-order valence-corrected chi connectivity index (χ2v) is 8.88. The van der Waals surface area contributed by atoms with Crippen LogP contribution >= 0.6 is 23.2 Å². The lowest BCUT2D eigenvalue weighted by molar-refractivity contribution is -0.385. The van der Waals surface area contributed by atoms with Gasteiger partial charge in [-0.2, -0.15) is 4.31 Å². The molecule has 148 valence electrons. The quantitative estimate of drug-likeness (QED) is 0.533. The molecule has 1 aliphatic heterocycles. The first-order chi connectivity index (χ1) is 13.2. The van der Waals surface area contributed by atoms with Crippen LogP contribution in [0.4, 0.5) is 5.69 Å². The predicted molar refractivity (Wildman–Crippen MR) is 104 cm³/mol. The van der Waals surface area contributed by atoms with Gasteiger partial charge in [0.25, 0.3) is 11.6 Å². The molecular formula is C17H15Cl2N3O5S. The third-order valence-electron chi connectivity index (χ3n) is 4.36. The van der Waals surface area contributed by atoms with E-state index >= 15 is 0 Å². The van der Waals surface area contributed by atoms with Crippen molar-refractivity contribution in [1.29, 1.82) is 0 Å². The van der Waals surface area contributed by atoms with Gasteiger partial charge < -0.3 is 4.90 Å². The molecule has 0 saturated carbocycles. The first-order valence-electron chi connectivity index (χ1n) is 8.19. The molecule has 1 aliphatic rings. The summed E-state index contributed by atoms with van der Waals surface area (Å²) in [7, 11) is -3.71. The average molecular weight is 444 g/mol. The second-order valence-electron chi connectivity index (χ2n) is 6.07. The predicted octanol–water partition coefficient (Wildman–Crippen LogP) is 3.05. The van der Waals surface area contributed by atoms with Gasteiger partial charge in [-0.25, -0.2) is 8.42 Å². The molecule has 0 bridgehead atoms. The van der Waals surface area contributed by atoms with E-state index in [0.29, 0.717) is 5.02 Å². The normalized spacial score (nSPS) is 15.4. The Balaban J connectivity index is 1.74. The van der Waals surface area contributed by atoms with E-state index in [2.05, 4.69) is 0 Å². The first kappa shape index (κ1) is 20.5. The van der Waals surface area contributed by atoms with Gasteiger partial charge in [0.05, 0.1) is 9.82 Å². The SMILES string of the molecule is O=C(c1ccc(Cl)cc1[N+](=O)[O-])N1CCN(S(=O)(=O)c2ccc(Cl)cc2)CC1. The maximum Gasteiger partial charge on any atom is 0.283 e. The Kier molecular flexibility index (Phi) is 5.90. The van der Waals surface area contributed by atoms with Gasteiger partial charge in [-0.1, -0.05) is 23.2 Å².